The molecule has 24 heteroatoms. The van der Waals surface area contributed by atoms with Crippen LogP contribution in [0.15, 0.2) is 24.3 Å². The minimum absolute atomic E-state index is 0.00289. The van der Waals surface area contributed by atoms with Gasteiger partial charge < -0.3 is 109 Å². The molecule has 0 spiro atoms. The second-order valence-corrected chi connectivity index (χ2v) is 22.0. The van der Waals surface area contributed by atoms with E-state index < -0.39 is 179 Å². The molecular formula is C51H80O24. The summed E-state index contributed by atoms with van der Waals surface area (Å²) in [6.45, 7) is -1.93. The van der Waals surface area contributed by atoms with Crippen molar-refractivity contribution in [2.45, 2.75) is 237 Å². The van der Waals surface area contributed by atoms with Crippen LogP contribution in [-0.4, -0.2) is 239 Å². The summed E-state index contributed by atoms with van der Waals surface area (Å²) < 4.78 is 54.9. The number of ether oxygens (including phenoxy) is 9. The zero-order valence-corrected chi connectivity index (χ0v) is 41.9. The molecule has 13 N–H and O–H groups in total. The van der Waals surface area contributed by atoms with Crippen molar-refractivity contribution in [2.24, 2.45) is 23.7 Å². The van der Waals surface area contributed by atoms with Gasteiger partial charge in [-0.3, -0.25) is 0 Å². The van der Waals surface area contributed by atoms with Crippen LogP contribution in [0.4, 0.5) is 0 Å². The lowest BCUT2D eigenvalue weighted by Gasteiger charge is -2.52. The predicted molar refractivity (Wildman–Crippen MR) is 252 cm³/mol. The molecule has 0 aromatic rings. The van der Waals surface area contributed by atoms with Gasteiger partial charge in [-0.1, -0.05) is 12.2 Å². The normalized spacial score (nSPS) is 48.0. The molecule has 0 radical (unpaired) electrons. The van der Waals surface area contributed by atoms with Crippen molar-refractivity contribution in [3.63, 3.8) is 0 Å². The van der Waals surface area contributed by atoms with E-state index in [1.54, 1.807) is 12.2 Å². The molecule has 21 unspecified atom stereocenters. The van der Waals surface area contributed by atoms with Gasteiger partial charge in [0.2, 0.25) is 0 Å². The lowest BCUT2D eigenvalue weighted by Crippen LogP contribution is -2.66. The van der Waals surface area contributed by atoms with Crippen molar-refractivity contribution in [3.05, 3.63) is 24.3 Å². The first kappa shape index (κ1) is 58.8. The average molecular weight is 1080 g/mol. The van der Waals surface area contributed by atoms with Crippen LogP contribution in [-0.2, 0) is 52.2 Å². The van der Waals surface area contributed by atoms with Crippen LogP contribution < -0.4 is 0 Å². The second kappa shape index (κ2) is 26.7. The molecule has 428 valence electrons. The van der Waals surface area contributed by atoms with Crippen molar-refractivity contribution in [3.8, 4) is 0 Å². The Morgan fingerprint density at radius 1 is 0.440 bits per heavy atom. The zero-order chi connectivity index (χ0) is 53.7. The second-order valence-electron chi connectivity index (χ2n) is 22.0. The van der Waals surface area contributed by atoms with Crippen molar-refractivity contribution in [2.75, 3.05) is 19.8 Å². The number of hydrogen-bond donors (Lipinski definition) is 13. The van der Waals surface area contributed by atoms with Crippen LogP contribution in [0.1, 0.15) is 96.3 Å². The lowest BCUT2D eigenvalue weighted by molar-refractivity contribution is -0.380. The topological polar surface area (TPSA) is 380 Å². The van der Waals surface area contributed by atoms with E-state index in [4.69, 9.17) is 42.6 Å². The average Bonchev–Trinajstić information content (AvgIpc) is 3.40. The Hall–Kier alpha value is -2.38. The molecular weight excluding hydrogens is 997 g/mol. The highest BCUT2D eigenvalue weighted by atomic mass is 16.8. The van der Waals surface area contributed by atoms with Gasteiger partial charge in [-0.2, -0.15) is 0 Å². The number of esters is 2. The van der Waals surface area contributed by atoms with Crippen molar-refractivity contribution < 1.29 is 119 Å². The number of aliphatic hydroxyl groups is 13. The third-order valence-corrected chi connectivity index (χ3v) is 16.7. The van der Waals surface area contributed by atoms with Gasteiger partial charge in [-0.15, -0.1) is 0 Å². The van der Waals surface area contributed by atoms with E-state index in [0.29, 0.717) is 77.0 Å². The first-order chi connectivity index (χ1) is 35.9. The van der Waals surface area contributed by atoms with Crippen LogP contribution in [0.2, 0.25) is 0 Å². The third kappa shape index (κ3) is 14.7. The Morgan fingerprint density at radius 2 is 0.893 bits per heavy atom. The number of allylic oxidation sites excluding steroid dienone is 2. The van der Waals surface area contributed by atoms with Crippen molar-refractivity contribution >= 4 is 11.9 Å². The minimum Gasteiger partial charge on any atom is -0.460 e. The smallest absolute Gasteiger partial charge is 0.330 e. The summed E-state index contributed by atoms with van der Waals surface area (Å²) >= 11 is 0. The fraction of sp³-hybridized carbons (Fsp3) is 0.882. The van der Waals surface area contributed by atoms with Gasteiger partial charge in [-0.05, 0) is 108 Å². The minimum atomic E-state index is -1.99. The molecule has 8 rings (SSSR count). The highest BCUT2D eigenvalue weighted by Crippen LogP contribution is 2.45. The number of fused-ring (bicyclic) bond motifs is 1. The Morgan fingerprint density at radius 3 is 1.43 bits per heavy atom. The first-order valence-electron chi connectivity index (χ1n) is 26.9. The van der Waals surface area contributed by atoms with Gasteiger partial charge in [0.25, 0.3) is 0 Å². The Bertz CT molecular complexity index is 1850. The Balaban J connectivity index is 1.03. The number of hydrogen-bond acceptors (Lipinski definition) is 24. The van der Waals surface area contributed by atoms with E-state index in [1.807, 2.05) is 0 Å². The molecule has 4 saturated heterocycles. The maximum Gasteiger partial charge on any atom is 0.330 e. The van der Waals surface area contributed by atoms with Crippen molar-refractivity contribution in [1.29, 1.82) is 0 Å². The summed E-state index contributed by atoms with van der Waals surface area (Å²) in [6, 6.07) is 0. The molecule has 4 saturated carbocycles. The Labute approximate surface area is 434 Å². The summed E-state index contributed by atoms with van der Waals surface area (Å²) in [7, 11) is 0. The standard InChI is InChI=1S/C51H80O24/c52-20-34-39(59)42(62)45(65)49(72-34)70-32-18-29(56)17-31-30(32)19-33(47(69-31)25-7-13-28(55)14-8-25)71-51-48(44(64)41(61)36(74-51)22-68-38(58)16-6-24-3-11-27(54)12-4-24)75-50-46(66)43(63)40(60)35(73-50)21-67-37(57)15-5-23-1-9-26(53)10-2-23/h5-6,15-16,23-36,39-56,59-66H,1-4,7-14,17-22H2. The molecule has 4 aliphatic carbocycles. The van der Waals surface area contributed by atoms with E-state index in [9.17, 15) is 76.0 Å². The van der Waals surface area contributed by atoms with E-state index in [1.165, 1.54) is 12.2 Å². The highest BCUT2D eigenvalue weighted by Gasteiger charge is 2.56. The predicted octanol–water partition coefficient (Wildman–Crippen LogP) is -3.02. The first-order valence-corrected chi connectivity index (χ1v) is 26.9. The molecule has 8 aliphatic rings. The highest BCUT2D eigenvalue weighted by molar-refractivity contribution is 5.82. The van der Waals surface area contributed by atoms with Gasteiger partial charge >= 0.3 is 11.9 Å². The van der Waals surface area contributed by atoms with E-state index in [2.05, 4.69) is 0 Å². The maximum absolute atomic E-state index is 13.0. The quantitative estimate of drug-likeness (QED) is 0.0540. The summed E-state index contributed by atoms with van der Waals surface area (Å²) in [4.78, 5) is 25.8. The van der Waals surface area contributed by atoms with Gasteiger partial charge in [0.15, 0.2) is 18.9 Å². The molecule has 4 aliphatic heterocycles. The van der Waals surface area contributed by atoms with E-state index in [-0.39, 0.29) is 37.0 Å². The van der Waals surface area contributed by atoms with Gasteiger partial charge in [-0.25, -0.2) is 9.59 Å². The van der Waals surface area contributed by atoms with Crippen LogP contribution in [0, 0.1) is 23.7 Å². The molecule has 21 atom stereocenters. The molecule has 24 nitrogen and oxygen atoms in total. The molecule has 0 bridgehead atoms. The fourth-order valence-corrected chi connectivity index (χ4v) is 12.1. The largest absolute Gasteiger partial charge is 0.460 e. The molecule has 8 fully saturated rings. The number of carbonyl (C=O) groups excluding carboxylic acids is 2. The number of carbonyl (C=O) groups is 2. The molecule has 75 heavy (non-hydrogen) atoms. The van der Waals surface area contributed by atoms with Gasteiger partial charge in [0.1, 0.15) is 86.5 Å². The summed E-state index contributed by atoms with van der Waals surface area (Å²) in [5.74, 6) is -2.37. The fourth-order valence-electron chi connectivity index (χ4n) is 12.1. The molecule has 0 amide bonds. The molecule has 0 aromatic heterocycles. The van der Waals surface area contributed by atoms with E-state index >= 15 is 0 Å². The van der Waals surface area contributed by atoms with Crippen LogP contribution in [0.25, 0.3) is 0 Å². The summed E-state index contributed by atoms with van der Waals surface area (Å²) in [6.07, 6.45) is -18.7. The zero-order valence-electron chi connectivity index (χ0n) is 41.9. The van der Waals surface area contributed by atoms with Crippen LogP contribution >= 0.6 is 0 Å². The Kier molecular flexibility index (Phi) is 20.9. The van der Waals surface area contributed by atoms with Gasteiger partial charge in [0, 0.05) is 24.5 Å². The summed E-state index contributed by atoms with van der Waals surface area (Å²) in [5, 5.41) is 140. The van der Waals surface area contributed by atoms with Crippen molar-refractivity contribution in [1.82, 2.24) is 0 Å². The van der Waals surface area contributed by atoms with Gasteiger partial charge in [0.05, 0.1) is 55.4 Å². The lowest BCUT2D eigenvalue weighted by atomic mass is 9.73. The number of rotatable bonds is 16. The number of aliphatic hydroxyl groups excluding tert-OH is 13. The monoisotopic (exact) mass is 1080 g/mol. The van der Waals surface area contributed by atoms with E-state index in [0.717, 1.165) is 0 Å². The third-order valence-electron chi connectivity index (χ3n) is 16.7. The van der Waals surface area contributed by atoms with Crippen LogP contribution in [0.5, 0.6) is 0 Å². The SMILES string of the molecule is O=C(C=CC1CCC(O)CC1)OCC1OC(OC2C(OC3CC4C(OC5OC(CO)C(O)C(O)C5O)CC(O)CC4OC3C3CCC(O)CC3)OC(COC(=O)C=CC3CCC(O)CC3)C(O)C2O)C(O)C(O)C1O. The summed E-state index contributed by atoms with van der Waals surface area (Å²) in [5.41, 5.74) is 0. The molecule has 0 aromatic carbocycles. The molecule has 4 heterocycles. The maximum atomic E-state index is 13.0. The van der Waals surface area contributed by atoms with Crippen LogP contribution in [0.3, 0.4) is 0 Å².